The van der Waals surface area contributed by atoms with Gasteiger partial charge in [-0.15, -0.1) is 11.3 Å². The van der Waals surface area contributed by atoms with Gasteiger partial charge in [-0.2, -0.15) is 0 Å². The molecule has 0 saturated heterocycles. The number of aromatic nitrogens is 1. The summed E-state index contributed by atoms with van der Waals surface area (Å²) in [6, 6.07) is 0.649. The van der Waals surface area contributed by atoms with Gasteiger partial charge in [0.1, 0.15) is 5.01 Å². The van der Waals surface area contributed by atoms with Crippen LogP contribution in [0, 0.1) is 6.92 Å². The molecule has 1 rings (SSSR count). The standard InChI is InChI=1S/C9H17N3S/c1-6(4-10)12-8(3)9-11-5-7(2)13-9/h5-6,8,12H,4,10H2,1-3H3. The van der Waals surface area contributed by atoms with Gasteiger partial charge in [0.25, 0.3) is 0 Å². The molecule has 2 atom stereocenters. The van der Waals surface area contributed by atoms with Crippen molar-refractivity contribution in [3.05, 3.63) is 16.1 Å². The Bertz CT molecular complexity index is 259. The van der Waals surface area contributed by atoms with Crippen molar-refractivity contribution >= 4 is 11.3 Å². The van der Waals surface area contributed by atoms with Crippen LogP contribution in [-0.2, 0) is 0 Å². The van der Waals surface area contributed by atoms with Crippen LogP contribution in [0.15, 0.2) is 6.20 Å². The lowest BCUT2D eigenvalue weighted by Gasteiger charge is -2.16. The van der Waals surface area contributed by atoms with E-state index in [4.69, 9.17) is 5.73 Å². The molecule has 0 aliphatic rings. The summed E-state index contributed by atoms with van der Waals surface area (Å²) in [5.41, 5.74) is 5.52. The van der Waals surface area contributed by atoms with Crippen LogP contribution in [0.4, 0.5) is 0 Å². The highest BCUT2D eigenvalue weighted by Gasteiger charge is 2.10. The molecule has 1 heterocycles. The first-order valence-electron chi connectivity index (χ1n) is 4.52. The van der Waals surface area contributed by atoms with Crippen molar-refractivity contribution < 1.29 is 0 Å². The molecule has 13 heavy (non-hydrogen) atoms. The monoisotopic (exact) mass is 199 g/mol. The second kappa shape index (κ2) is 4.69. The number of nitrogens with zero attached hydrogens (tertiary/aromatic N) is 1. The highest BCUT2D eigenvalue weighted by atomic mass is 32.1. The molecule has 1 aromatic heterocycles. The molecule has 4 heteroatoms. The van der Waals surface area contributed by atoms with Crippen molar-refractivity contribution in [1.29, 1.82) is 0 Å². The zero-order valence-electron chi connectivity index (χ0n) is 8.37. The normalized spacial score (nSPS) is 15.7. The fourth-order valence-electron chi connectivity index (χ4n) is 1.14. The quantitative estimate of drug-likeness (QED) is 0.771. The van der Waals surface area contributed by atoms with E-state index in [0.717, 1.165) is 5.01 Å². The molecule has 0 saturated carbocycles. The van der Waals surface area contributed by atoms with Gasteiger partial charge >= 0.3 is 0 Å². The summed E-state index contributed by atoms with van der Waals surface area (Å²) < 4.78 is 0. The number of nitrogens with two attached hydrogens (primary N) is 1. The Hall–Kier alpha value is -0.450. The van der Waals surface area contributed by atoms with Gasteiger partial charge in [-0.3, -0.25) is 0 Å². The van der Waals surface area contributed by atoms with E-state index >= 15 is 0 Å². The Balaban J connectivity index is 2.53. The molecule has 0 bridgehead atoms. The zero-order chi connectivity index (χ0) is 9.84. The fourth-order valence-corrected chi connectivity index (χ4v) is 1.92. The molecule has 1 aromatic rings. The molecule has 3 N–H and O–H groups in total. The van der Waals surface area contributed by atoms with Crippen molar-refractivity contribution in [2.45, 2.75) is 32.9 Å². The largest absolute Gasteiger partial charge is 0.329 e. The number of hydrogen-bond acceptors (Lipinski definition) is 4. The summed E-state index contributed by atoms with van der Waals surface area (Å²) in [5, 5.41) is 4.52. The van der Waals surface area contributed by atoms with Crippen molar-refractivity contribution in [3.8, 4) is 0 Å². The van der Waals surface area contributed by atoms with E-state index in [1.807, 2.05) is 6.20 Å². The lowest BCUT2D eigenvalue weighted by atomic mass is 10.3. The van der Waals surface area contributed by atoms with E-state index < -0.39 is 0 Å². The van der Waals surface area contributed by atoms with Crippen LogP contribution < -0.4 is 11.1 Å². The predicted octanol–water partition coefficient (Wildman–Crippen LogP) is 1.45. The van der Waals surface area contributed by atoms with Crippen LogP contribution in [0.3, 0.4) is 0 Å². The van der Waals surface area contributed by atoms with E-state index in [1.54, 1.807) is 11.3 Å². The van der Waals surface area contributed by atoms with Crippen LogP contribution in [0.5, 0.6) is 0 Å². The van der Waals surface area contributed by atoms with E-state index in [0.29, 0.717) is 18.6 Å². The lowest BCUT2D eigenvalue weighted by molar-refractivity contribution is 0.484. The SMILES string of the molecule is Cc1cnc(C(C)NC(C)CN)s1. The molecule has 0 radical (unpaired) electrons. The van der Waals surface area contributed by atoms with Gasteiger partial charge in [0.05, 0.1) is 6.04 Å². The second-order valence-corrected chi connectivity index (χ2v) is 4.60. The third-order valence-corrected chi connectivity index (χ3v) is 2.99. The summed E-state index contributed by atoms with van der Waals surface area (Å²) in [5.74, 6) is 0. The van der Waals surface area contributed by atoms with Gasteiger partial charge in [-0.05, 0) is 20.8 Å². The number of rotatable bonds is 4. The van der Waals surface area contributed by atoms with E-state index in [9.17, 15) is 0 Å². The third-order valence-electron chi connectivity index (χ3n) is 1.90. The lowest BCUT2D eigenvalue weighted by Crippen LogP contribution is -2.34. The molecule has 3 nitrogen and oxygen atoms in total. The van der Waals surface area contributed by atoms with E-state index in [1.165, 1.54) is 4.88 Å². The Morgan fingerprint density at radius 3 is 2.77 bits per heavy atom. The van der Waals surface area contributed by atoms with E-state index in [-0.39, 0.29) is 0 Å². The van der Waals surface area contributed by atoms with Crippen molar-refractivity contribution in [2.75, 3.05) is 6.54 Å². The highest BCUT2D eigenvalue weighted by molar-refractivity contribution is 7.11. The maximum absolute atomic E-state index is 5.52. The maximum Gasteiger partial charge on any atom is 0.109 e. The highest BCUT2D eigenvalue weighted by Crippen LogP contribution is 2.18. The Labute approximate surface area is 83.4 Å². The van der Waals surface area contributed by atoms with Gasteiger partial charge in [0.2, 0.25) is 0 Å². The van der Waals surface area contributed by atoms with Crippen LogP contribution in [0.25, 0.3) is 0 Å². The summed E-state index contributed by atoms with van der Waals surface area (Å²) >= 11 is 1.73. The van der Waals surface area contributed by atoms with Crippen molar-refractivity contribution in [3.63, 3.8) is 0 Å². The number of nitrogens with one attached hydrogen (secondary N) is 1. The topological polar surface area (TPSA) is 50.9 Å². The molecule has 0 aliphatic carbocycles. The van der Waals surface area contributed by atoms with Gasteiger partial charge in [-0.25, -0.2) is 4.98 Å². The average molecular weight is 199 g/mol. The van der Waals surface area contributed by atoms with Crippen LogP contribution in [0.2, 0.25) is 0 Å². The number of hydrogen-bond donors (Lipinski definition) is 2. The van der Waals surface area contributed by atoms with Crippen molar-refractivity contribution in [1.82, 2.24) is 10.3 Å². The second-order valence-electron chi connectivity index (χ2n) is 3.33. The zero-order valence-corrected chi connectivity index (χ0v) is 9.19. The van der Waals surface area contributed by atoms with Gasteiger partial charge in [-0.1, -0.05) is 0 Å². The van der Waals surface area contributed by atoms with Gasteiger partial charge in [0, 0.05) is 23.7 Å². The Morgan fingerprint density at radius 1 is 1.62 bits per heavy atom. The molecular weight excluding hydrogens is 182 g/mol. The number of thiazole rings is 1. The summed E-state index contributed by atoms with van der Waals surface area (Å²) in [7, 11) is 0. The fraction of sp³-hybridized carbons (Fsp3) is 0.667. The summed E-state index contributed by atoms with van der Waals surface area (Å²) in [4.78, 5) is 5.57. The maximum atomic E-state index is 5.52. The molecule has 0 amide bonds. The molecule has 0 aliphatic heterocycles. The minimum absolute atomic E-state index is 0.303. The van der Waals surface area contributed by atoms with Crippen LogP contribution in [0.1, 0.15) is 29.8 Å². The number of aryl methyl sites for hydroxylation is 1. The van der Waals surface area contributed by atoms with Gasteiger partial charge in [0.15, 0.2) is 0 Å². The van der Waals surface area contributed by atoms with Crippen LogP contribution in [-0.4, -0.2) is 17.6 Å². The minimum Gasteiger partial charge on any atom is -0.329 e. The summed E-state index contributed by atoms with van der Waals surface area (Å²) in [6.45, 7) is 6.93. The van der Waals surface area contributed by atoms with Crippen LogP contribution >= 0.6 is 11.3 Å². The third kappa shape index (κ3) is 3.06. The molecule has 0 aromatic carbocycles. The first kappa shape index (κ1) is 10.6. The smallest absolute Gasteiger partial charge is 0.109 e. The molecule has 0 fully saturated rings. The van der Waals surface area contributed by atoms with Gasteiger partial charge < -0.3 is 11.1 Å². The molecular formula is C9H17N3S. The minimum atomic E-state index is 0.303. The van der Waals surface area contributed by atoms with E-state index in [2.05, 4.69) is 31.1 Å². The Kier molecular flexibility index (Phi) is 3.84. The first-order valence-corrected chi connectivity index (χ1v) is 5.33. The predicted molar refractivity (Wildman–Crippen MR) is 56.9 cm³/mol. The molecule has 2 unspecified atom stereocenters. The summed E-state index contributed by atoms with van der Waals surface area (Å²) in [6.07, 6.45) is 1.91. The first-order chi connectivity index (χ1) is 6.13. The Morgan fingerprint density at radius 2 is 2.31 bits per heavy atom. The molecule has 0 spiro atoms. The molecule has 74 valence electrons. The van der Waals surface area contributed by atoms with Crippen molar-refractivity contribution in [2.24, 2.45) is 5.73 Å². The average Bonchev–Trinajstić information content (AvgIpc) is 2.51.